The Morgan fingerprint density at radius 1 is 1.10 bits per heavy atom. The minimum absolute atomic E-state index is 0.0718. The van der Waals surface area contributed by atoms with Crippen molar-refractivity contribution >= 4 is 34.2 Å². The number of amides is 1. The summed E-state index contributed by atoms with van der Waals surface area (Å²) in [4.78, 5) is 35.5. The molecule has 0 unspecified atom stereocenters. The van der Waals surface area contributed by atoms with Crippen molar-refractivity contribution in [2.45, 2.75) is 13.3 Å². The molecule has 148 valence electrons. The molecule has 1 aliphatic heterocycles. The number of fused-ring (bicyclic) bond motifs is 1. The molecule has 0 radical (unpaired) electrons. The molecule has 0 spiro atoms. The predicted octanol–water partition coefficient (Wildman–Crippen LogP) is 3.55. The molecule has 4 rings (SSSR count). The number of ether oxygens (including phenoxy) is 1. The van der Waals surface area contributed by atoms with Crippen molar-refractivity contribution in [1.82, 2.24) is 14.9 Å². The lowest BCUT2D eigenvalue weighted by Crippen LogP contribution is -2.40. The third kappa shape index (κ3) is 4.28. The second-order valence-electron chi connectivity index (χ2n) is 7.05. The number of pyridine rings is 2. The summed E-state index contributed by atoms with van der Waals surface area (Å²) in [5.74, 6) is 0.0102. The van der Waals surface area contributed by atoms with E-state index in [1.165, 1.54) is 0 Å². The van der Waals surface area contributed by atoms with Crippen molar-refractivity contribution in [3.8, 4) is 11.4 Å². The third-order valence-corrected chi connectivity index (χ3v) is 5.07. The van der Waals surface area contributed by atoms with Crippen molar-refractivity contribution in [3.05, 3.63) is 58.7 Å². The Balaban J connectivity index is 1.78. The summed E-state index contributed by atoms with van der Waals surface area (Å²) >= 11 is 6.18. The lowest BCUT2D eigenvalue weighted by molar-refractivity contribution is -0.116. The number of benzene rings is 1. The van der Waals surface area contributed by atoms with Crippen LogP contribution < -0.4 is 0 Å². The highest BCUT2D eigenvalue weighted by molar-refractivity contribution is 6.31. The topological polar surface area (TPSA) is 72.4 Å². The molecule has 1 aliphatic rings. The van der Waals surface area contributed by atoms with Crippen LogP contribution in [0.15, 0.2) is 42.6 Å². The SMILES string of the molecule is CC(=O)Cc1ccc(-c2cc(C(=O)N3CCOCC3)c3cc(Cl)ccc3n2)nc1. The number of aromatic nitrogens is 2. The van der Waals surface area contributed by atoms with Crippen LogP contribution in [0.1, 0.15) is 22.8 Å². The molecule has 1 fully saturated rings. The molecule has 3 heterocycles. The zero-order chi connectivity index (χ0) is 20.4. The van der Waals surface area contributed by atoms with Crippen LogP contribution >= 0.6 is 11.6 Å². The lowest BCUT2D eigenvalue weighted by atomic mass is 10.0. The molecule has 3 aromatic rings. The molecule has 7 heteroatoms. The predicted molar refractivity (Wildman–Crippen MR) is 111 cm³/mol. The van der Waals surface area contributed by atoms with Crippen LogP contribution in [0.4, 0.5) is 0 Å². The summed E-state index contributed by atoms with van der Waals surface area (Å²) < 4.78 is 5.36. The standard InChI is InChI=1S/C22H20ClN3O3/c1-14(27)10-15-2-4-20(24-13-15)21-12-18(22(28)26-6-8-29-9-7-26)17-11-16(23)3-5-19(17)25-21/h2-5,11-13H,6-10H2,1H3. The number of nitrogens with zero attached hydrogens (tertiary/aromatic N) is 3. The highest BCUT2D eigenvalue weighted by Crippen LogP contribution is 2.27. The quantitative estimate of drug-likeness (QED) is 0.658. The molecule has 1 saturated heterocycles. The van der Waals surface area contributed by atoms with E-state index >= 15 is 0 Å². The van der Waals surface area contributed by atoms with Crippen LogP contribution in [0.3, 0.4) is 0 Å². The minimum atomic E-state index is -0.0718. The van der Waals surface area contributed by atoms with Gasteiger partial charge in [-0.15, -0.1) is 0 Å². The first-order valence-electron chi connectivity index (χ1n) is 9.43. The number of hydrogen-bond donors (Lipinski definition) is 0. The van der Waals surface area contributed by atoms with Crippen LogP contribution in [0.5, 0.6) is 0 Å². The first kappa shape index (κ1) is 19.5. The van der Waals surface area contributed by atoms with Crippen molar-refractivity contribution in [1.29, 1.82) is 0 Å². The molecule has 0 aliphatic carbocycles. The molecular formula is C22H20ClN3O3. The van der Waals surface area contributed by atoms with E-state index in [0.29, 0.717) is 65.6 Å². The van der Waals surface area contributed by atoms with Crippen molar-refractivity contribution in [2.24, 2.45) is 0 Å². The van der Waals surface area contributed by atoms with Gasteiger partial charge in [0.1, 0.15) is 5.78 Å². The maximum atomic E-state index is 13.2. The largest absolute Gasteiger partial charge is 0.378 e. The Hall–Kier alpha value is -2.83. The van der Waals surface area contributed by atoms with Gasteiger partial charge in [-0.3, -0.25) is 14.6 Å². The Labute approximate surface area is 173 Å². The fraction of sp³-hybridized carbons (Fsp3) is 0.273. The molecular weight excluding hydrogens is 390 g/mol. The van der Waals surface area contributed by atoms with Crippen LogP contribution in [-0.2, 0) is 16.0 Å². The Morgan fingerprint density at radius 3 is 2.59 bits per heavy atom. The van der Waals surface area contributed by atoms with Crippen LogP contribution in [-0.4, -0.2) is 52.9 Å². The molecule has 6 nitrogen and oxygen atoms in total. The van der Waals surface area contributed by atoms with Crippen LogP contribution in [0.2, 0.25) is 5.02 Å². The Kier molecular flexibility index (Phi) is 5.56. The summed E-state index contributed by atoms with van der Waals surface area (Å²) in [6.07, 6.45) is 2.02. The summed E-state index contributed by atoms with van der Waals surface area (Å²) in [7, 11) is 0. The second kappa shape index (κ2) is 8.27. The van der Waals surface area contributed by atoms with Gasteiger partial charge < -0.3 is 9.64 Å². The first-order chi connectivity index (χ1) is 14.0. The zero-order valence-electron chi connectivity index (χ0n) is 16.0. The fourth-order valence-electron chi connectivity index (χ4n) is 3.41. The number of halogens is 1. The maximum absolute atomic E-state index is 13.2. The summed E-state index contributed by atoms with van der Waals surface area (Å²) in [5, 5.41) is 1.26. The lowest BCUT2D eigenvalue weighted by Gasteiger charge is -2.27. The van der Waals surface area contributed by atoms with Gasteiger partial charge in [-0.05, 0) is 42.8 Å². The average molecular weight is 410 g/mol. The summed E-state index contributed by atoms with van der Waals surface area (Å²) in [6, 6.07) is 10.8. The van der Waals surface area contributed by atoms with Crippen molar-refractivity contribution < 1.29 is 14.3 Å². The normalized spacial score (nSPS) is 14.2. The first-order valence-corrected chi connectivity index (χ1v) is 9.81. The smallest absolute Gasteiger partial charge is 0.254 e. The molecule has 0 saturated carbocycles. The van der Waals surface area contributed by atoms with E-state index in [-0.39, 0.29) is 11.7 Å². The number of Topliss-reactive ketones (excluding diaryl/α,β-unsaturated/α-hetero) is 1. The van der Waals surface area contributed by atoms with Gasteiger partial charge in [0.25, 0.3) is 5.91 Å². The van der Waals surface area contributed by atoms with E-state index in [9.17, 15) is 9.59 Å². The number of morpholine rings is 1. The monoisotopic (exact) mass is 409 g/mol. The van der Waals surface area contributed by atoms with Gasteiger partial charge in [0.15, 0.2) is 0 Å². The molecule has 1 amide bonds. The molecule has 1 aromatic carbocycles. The molecule has 0 bridgehead atoms. The summed E-state index contributed by atoms with van der Waals surface area (Å²) in [5.41, 5.74) is 3.32. The molecule has 29 heavy (non-hydrogen) atoms. The third-order valence-electron chi connectivity index (χ3n) is 4.84. The highest BCUT2D eigenvalue weighted by atomic mass is 35.5. The average Bonchev–Trinajstić information content (AvgIpc) is 2.73. The van der Waals surface area contributed by atoms with Crippen molar-refractivity contribution in [3.63, 3.8) is 0 Å². The van der Waals surface area contributed by atoms with Gasteiger partial charge in [-0.25, -0.2) is 4.98 Å². The van der Waals surface area contributed by atoms with E-state index < -0.39 is 0 Å². The van der Waals surface area contributed by atoms with Crippen LogP contribution in [0, 0.1) is 0 Å². The van der Waals surface area contributed by atoms with Gasteiger partial charge >= 0.3 is 0 Å². The Bertz CT molecular complexity index is 1080. The number of carbonyl (C=O) groups excluding carboxylic acids is 2. The van der Waals surface area contributed by atoms with E-state index in [1.54, 1.807) is 42.3 Å². The zero-order valence-corrected chi connectivity index (χ0v) is 16.8. The molecule has 0 atom stereocenters. The number of ketones is 1. The fourth-order valence-corrected chi connectivity index (χ4v) is 3.58. The van der Waals surface area contributed by atoms with E-state index in [1.807, 2.05) is 12.1 Å². The van der Waals surface area contributed by atoms with Crippen molar-refractivity contribution in [2.75, 3.05) is 26.3 Å². The number of rotatable bonds is 4. The summed E-state index contributed by atoms with van der Waals surface area (Å²) in [6.45, 7) is 3.71. The van der Waals surface area contributed by atoms with Gasteiger partial charge in [0, 0.05) is 36.1 Å². The van der Waals surface area contributed by atoms with E-state index in [2.05, 4.69) is 9.97 Å². The van der Waals surface area contributed by atoms with Crippen LogP contribution in [0.25, 0.3) is 22.3 Å². The van der Waals surface area contributed by atoms with Gasteiger partial charge in [0.2, 0.25) is 0 Å². The van der Waals surface area contributed by atoms with E-state index in [0.717, 1.165) is 5.56 Å². The Morgan fingerprint density at radius 2 is 1.90 bits per heavy atom. The second-order valence-corrected chi connectivity index (χ2v) is 7.49. The van der Waals surface area contributed by atoms with Gasteiger partial charge in [0.05, 0.1) is 35.7 Å². The minimum Gasteiger partial charge on any atom is -0.378 e. The van der Waals surface area contributed by atoms with Gasteiger partial charge in [-0.1, -0.05) is 17.7 Å². The van der Waals surface area contributed by atoms with Gasteiger partial charge in [-0.2, -0.15) is 0 Å². The molecule has 0 N–H and O–H groups in total. The van der Waals surface area contributed by atoms with E-state index in [4.69, 9.17) is 16.3 Å². The number of carbonyl (C=O) groups is 2. The highest BCUT2D eigenvalue weighted by Gasteiger charge is 2.22. The number of hydrogen-bond acceptors (Lipinski definition) is 5. The maximum Gasteiger partial charge on any atom is 0.254 e. The molecule has 2 aromatic heterocycles.